The van der Waals surface area contributed by atoms with Crippen LogP contribution in [0.25, 0.3) is 10.9 Å². The number of hydrogen-bond donors (Lipinski definition) is 1. The molecule has 1 aromatic carbocycles. The number of hydrogen-bond acceptors (Lipinski definition) is 1. The SMILES string of the molecule is Cc1cc2c(C(C)(C)O)cccc2n1C(C)C. The minimum atomic E-state index is -0.797. The van der Waals surface area contributed by atoms with Gasteiger partial charge in [0.2, 0.25) is 0 Å². The van der Waals surface area contributed by atoms with E-state index in [4.69, 9.17) is 0 Å². The lowest BCUT2D eigenvalue weighted by Gasteiger charge is -2.19. The van der Waals surface area contributed by atoms with Crippen LogP contribution >= 0.6 is 0 Å². The highest BCUT2D eigenvalue weighted by atomic mass is 16.3. The molecule has 2 nitrogen and oxygen atoms in total. The first-order chi connectivity index (χ1) is 7.82. The predicted molar refractivity (Wildman–Crippen MR) is 72.3 cm³/mol. The molecule has 0 amide bonds. The van der Waals surface area contributed by atoms with Gasteiger partial charge in [-0.05, 0) is 52.3 Å². The number of benzene rings is 1. The maximum Gasteiger partial charge on any atom is 0.0847 e. The first kappa shape index (κ1) is 12.2. The monoisotopic (exact) mass is 231 g/mol. The van der Waals surface area contributed by atoms with Gasteiger partial charge in [-0.25, -0.2) is 0 Å². The summed E-state index contributed by atoms with van der Waals surface area (Å²) in [5, 5.41) is 11.4. The second kappa shape index (κ2) is 3.88. The van der Waals surface area contributed by atoms with Gasteiger partial charge in [0, 0.05) is 22.6 Å². The summed E-state index contributed by atoms with van der Waals surface area (Å²) in [6.45, 7) is 10.2. The van der Waals surface area contributed by atoms with Crippen molar-refractivity contribution in [1.82, 2.24) is 4.57 Å². The molecule has 0 saturated heterocycles. The molecular formula is C15H21NO. The average Bonchev–Trinajstić information content (AvgIpc) is 2.51. The van der Waals surface area contributed by atoms with Crippen molar-refractivity contribution in [2.24, 2.45) is 0 Å². The van der Waals surface area contributed by atoms with Crippen molar-refractivity contribution < 1.29 is 5.11 Å². The Morgan fingerprint density at radius 2 is 1.88 bits per heavy atom. The average molecular weight is 231 g/mol. The van der Waals surface area contributed by atoms with Crippen LogP contribution < -0.4 is 0 Å². The van der Waals surface area contributed by atoms with Gasteiger partial charge in [-0.15, -0.1) is 0 Å². The van der Waals surface area contributed by atoms with Crippen LogP contribution in [0.1, 0.15) is 45.0 Å². The molecule has 0 bridgehead atoms. The van der Waals surface area contributed by atoms with E-state index in [-0.39, 0.29) is 0 Å². The molecule has 0 atom stereocenters. The fourth-order valence-electron chi connectivity index (χ4n) is 2.60. The summed E-state index contributed by atoms with van der Waals surface area (Å²) in [5.74, 6) is 0. The Morgan fingerprint density at radius 1 is 1.24 bits per heavy atom. The first-order valence-corrected chi connectivity index (χ1v) is 6.16. The van der Waals surface area contributed by atoms with Crippen LogP contribution in [0.3, 0.4) is 0 Å². The number of aryl methyl sites for hydroxylation is 1. The van der Waals surface area contributed by atoms with Crippen LogP contribution in [-0.4, -0.2) is 9.67 Å². The van der Waals surface area contributed by atoms with Crippen LogP contribution in [0.15, 0.2) is 24.3 Å². The molecule has 1 N–H and O–H groups in total. The van der Waals surface area contributed by atoms with Gasteiger partial charge >= 0.3 is 0 Å². The quantitative estimate of drug-likeness (QED) is 0.836. The summed E-state index contributed by atoms with van der Waals surface area (Å²) in [6, 6.07) is 8.75. The molecule has 92 valence electrons. The molecule has 0 spiro atoms. The van der Waals surface area contributed by atoms with E-state index in [0.717, 1.165) is 10.9 Å². The van der Waals surface area contributed by atoms with Gasteiger partial charge in [-0.2, -0.15) is 0 Å². The summed E-state index contributed by atoms with van der Waals surface area (Å²) in [5.41, 5.74) is 2.65. The van der Waals surface area contributed by atoms with Crippen LogP contribution in [0.2, 0.25) is 0 Å². The van der Waals surface area contributed by atoms with Gasteiger partial charge in [-0.3, -0.25) is 0 Å². The van der Waals surface area contributed by atoms with Crippen molar-refractivity contribution in [2.75, 3.05) is 0 Å². The smallest absolute Gasteiger partial charge is 0.0847 e. The maximum atomic E-state index is 10.2. The Kier molecular flexibility index (Phi) is 2.78. The minimum Gasteiger partial charge on any atom is -0.386 e. The van der Waals surface area contributed by atoms with Crippen molar-refractivity contribution in [3.63, 3.8) is 0 Å². The van der Waals surface area contributed by atoms with Gasteiger partial charge in [0.15, 0.2) is 0 Å². The molecule has 0 aliphatic carbocycles. The standard InChI is InChI=1S/C15H21NO/c1-10(2)16-11(3)9-12-13(15(4,5)17)7-6-8-14(12)16/h6-10,17H,1-5H3. The summed E-state index contributed by atoms with van der Waals surface area (Å²) in [4.78, 5) is 0. The van der Waals surface area contributed by atoms with E-state index >= 15 is 0 Å². The van der Waals surface area contributed by atoms with Crippen molar-refractivity contribution in [1.29, 1.82) is 0 Å². The van der Waals surface area contributed by atoms with Crippen LogP contribution in [0.5, 0.6) is 0 Å². The van der Waals surface area contributed by atoms with E-state index in [2.05, 4.69) is 37.5 Å². The van der Waals surface area contributed by atoms with Crippen molar-refractivity contribution >= 4 is 10.9 Å². The largest absolute Gasteiger partial charge is 0.386 e. The molecule has 0 radical (unpaired) electrons. The zero-order valence-electron chi connectivity index (χ0n) is 11.3. The molecule has 1 aromatic heterocycles. The summed E-state index contributed by atoms with van der Waals surface area (Å²) in [7, 11) is 0. The minimum absolute atomic E-state index is 0.435. The number of aliphatic hydroxyl groups is 1. The number of rotatable bonds is 2. The summed E-state index contributed by atoms with van der Waals surface area (Å²) in [6.07, 6.45) is 0. The molecular weight excluding hydrogens is 210 g/mol. The topological polar surface area (TPSA) is 25.2 Å². The lowest BCUT2D eigenvalue weighted by Crippen LogP contribution is -2.15. The molecule has 1 heterocycles. The van der Waals surface area contributed by atoms with E-state index < -0.39 is 5.60 Å². The molecule has 2 rings (SSSR count). The van der Waals surface area contributed by atoms with Crippen molar-refractivity contribution in [3.8, 4) is 0 Å². The Labute approximate surface area is 103 Å². The third-order valence-corrected chi connectivity index (χ3v) is 3.25. The predicted octanol–water partition coefficient (Wildman–Crippen LogP) is 3.76. The van der Waals surface area contributed by atoms with Crippen LogP contribution in [-0.2, 0) is 5.60 Å². The highest BCUT2D eigenvalue weighted by Crippen LogP contribution is 2.32. The Bertz CT molecular complexity index is 544. The Morgan fingerprint density at radius 3 is 2.41 bits per heavy atom. The highest BCUT2D eigenvalue weighted by Gasteiger charge is 2.21. The summed E-state index contributed by atoms with van der Waals surface area (Å²) >= 11 is 0. The normalized spacial score (nSPS) is 12.6. The van der Waals surface area contributed by atoms with Gasteiger partial charge in [-0.1, -0.05) is 12.1 Å². The highest BCUT2D eigenvalue weighted by molar-refractivity contribution is 5.85. The molecule has 0 aliphatic rings. The lowest BCUT2D eigenvalue weighted by atomic mass is 9.95. The Hall–Kier alpha value is -1.28. The van der Waals surface area contributed by atoms with Crippen LogP contribution in [0, 0.1) is 6.92 Å². The molecule has 0 fully saturated rings. The van der Waals surface area contributed by atoms with E-state index in [1.807, 2.05) is 26.0 Å². The zero-order valence-corrected chi connectivity index (χ0v) is 11.3. The maximum absolute atomic E-state index is 10.2. The second-order valence-electron chi connectivity index (χ2n) is 5.55. The molecule has 0 saturated carbocycles. The molecule has 2 heteroatoms. The van der Waals surface area contributed by atoms with Gasteiger partial charge < -0.3 is 9.67 Å². The van der Waals surface area contributed by atoms with E-state index in [1.54, 1.807) is 0 Å². The molecule has 2 aromatic rings. The number of fused-ring (bicyclic) bond motifs is 1. The fraction of sp³-hybridized carbons (Fsp3) is 0.467. The van der Waals surface area contributed by atoms with E-state index in [0.29, 0.717) is 6.04 Å². The zero-order chi connectivity index (χ0) is 12.8. The van der Waals surface area contributed by atoms with E-state index in [9.17, 15) is 5.11 Å². The van der Waals surface area contributed by atoms with Gasteiger partial charge in [0.25, 0.3) is 0 Å². The van der Waals surface area contributed by atoms with Gasteiger partial charge in [0.05, 0.1) is 5.60 Å². The molecule has 0 unspecified atom stereocenters. The number of nitrogens with zero attached hydrogens (tertiary/aromatic N) is 1. The summed E-state index contributed by atoms with van der Waals surface area (Å²) < 4.78 is 2.31. The molecule has 17 heavy (non-hydrogen) atoms. The third kappa shape index (κ3) is 1.98. The van der Waals surface area contributed by atoms with Crippen LogP contribution in [0.4, 0.5) is 0 Å². The first-order valence-electron chi connectivity index (χ1n) is 6.16. The van der Waals surface area contributed by atoms with Crippen molar-refractivity contribution in [3.05, 3.63) is 35.5 Å². The lowest BCUT2D eigenvalue weighted by molar-refractivity contribution is 0.0802. The fourth-order valence-corrected chi connectivity index (χ4v) is 2.60. The second-order valence-corrected chi connectivity index (χ2v) is 5.55. The molecule has 0 aliphatic heterocycles. The number of aromatic nitrogens is 1. The van der Waals surface area contributed by atoms with Crippen molar-refractivity contribution in [2.45, 2.75) is 46.3 Å². The third-order valence-electron chi connectivity index (χ3n) is 3.25. The van der Waals surface area contributed by atoms with E-state index in [1.165, 1.54) is 11.2 Å². The van der Waals surface area contributed by atoms with Gasteiger partial charge in [0.1, 0.15) is 0 Å². The Balaban J connectivity index is 2.80.